The van der Waals surface area contributed by atoms with Crippen molar-refractivity contribution in [2.75, 3.05) is 41.9 Å². The zero-order valence-corrected chi connectivity index (χ0v) is 17.9. The van der Waals surface area contributed by atoms with Crippen LogP contribution in [0.25, 0.3) is 0 Å². The second kappa shape index (κ2) is 10.0. The van der Waals surface area contributed by atoms with Gasteiger partial charge in [0.05, 0.1) is 25.0 Å². The van der Waals surface area contributed by atoms with Crippen LogP contribution in [0.1, 0.15) is 11.1 Å². The summed E-state index contributed by atoms with van der Waals surface area (Å²) in [7, 11) is 0. The maximum atomic E-state index is 13.1. The first-order valence-corrected chi connectivity index (χ1v) is 10.3. The van der Waals surface area contributed by atoms with Crippen LogP contribution >= 0.6 is 11.6 Å². The third-order valence-electron chi connectivity index (χ3n) is 4.61. The minimum absolute atomic E-state index is 0.0787. The standard InChI is InChI=1S/C21H19ClF3N7O/c22-16-6-4-14(5-7-16)13-26-31-19-28-18(29-20(30-19)32-8-10-33-11-9-32)27-17-3-1-2-15(12-17)21(23,24)25/h1-7,12-13H,8-11H2,(H2,27,28,29,30,31)/b26-13-. The molecule has 0 saturated carbocycles. The number of rotatable bonds is 6. The molecule has 8 nitrogen and oxygen atoms in total. The van der Waals surface area contributed by atoms with Gasteiger partial charge in [-0.2, -0.15) is 33.2 Å². The van der Waals surface area contributed by atoms with E-state index in [9.17, 15) is 13.2 Å². The Bertz CT molecular complexity index is 1120. The van der Waals surface area contributed by atoms with Gasteiger partial charge in [0.15, 0.2) is 0 Å². The molecule has 2 N–H and O–H groups in total. The van der Waals surface area contributed by atoms with Gasteiger partial charge in [0.25, 0.3) is 0 Å². The molecule has 172 valence electrons. The highest BCUT2D eigenvalue weighted by Crippen LogP contribution is 2.31. The number of nitrogens with one attached hydrogen (secondary N) is 2. The fourth-order valence-electron chi connectivity index (χ4n) is 2.99. The molecule has 1 aliphatic rings. The number of anilines is 4. The Morgan fingerprint density at radius 2 is 1.73 bits per heavy atom. The highest BCUT2D eigenvalue weighted by molar-refractivity contribution is 6.30. The van der Waals surface area contributed by atoms with E-state index in [4.69, 9.17) is 16.3 Å². The molecule has 2 aromatic carbocycles. The van der Waals surface area contributed by atoms with Crippen LogP contribution in [0.2, 0.25) is 5.02 Å². The van der Waals surface area contributed by atoms with E-state index in [2.05, 4.69) is 30.8 Å². The predicted molar refractivity (Wildman–Crippen MR) is 120 cm³/mol. The van der Waals surface area contributed by atoms with Gasteiger partial charge >= 0.3 is 6.18 Å². The average molecular weight is 478 g/mol. The minimum atomic E-state index is -4.46. The van der Waals surface area contributed by atoms with E-state index in [0.717, 1.165) is 17.7 Å². The Kier molecular flexibility index (Phi) is 6.90. The number of aromatic nitrogens is 3. The Labute approximate surface area is 192 Å². The van der Waals surface area contributed by atoms with Gasteiger partial charge in [-0.25, -0.2) is 5.43 Å². The zero-order chi connectivity index (χ0) is 23.3. The fraction of sp³-hybridized carbons (Fsp3) is 0.238. The van der Waals surface area contributed by atoms with Crippen molar-refractivity contribution >= 4 is 41.3 Å². The largest absolute Gasteiger partial charge is 0.416 e. The van der Waals surface area contributed by atoms with E-state index in [-0.39, 0.29) is 17.6 Å². The first kappa shape index (κ1) is 22.7. The summed E-state index contributed by atoms with van der Waals surface area (Å²) in [5, 5.41) is 7.56. The third-order valence-corrected chi connectivity index (χ3v) is 4.86. The number of hydrogen-bond acceptors (Lipinski definition) is 8. The number of nitrogens with zero attached hydrogens (tertiary/aromatic N) is 5. The average Bonchev–Trinajstić information content (AvgIpc) is 2.80. The lowest BCUT2D eigenvalue weighted by molar-refractivity contribution is -0.137. The quantitative estimate of drug-likeness (QED) is 0.397. The van der Waals surface area contributed by atoms with Gasteiger partial charge in [-0.3, -0.25) is 0 Å². The molecule has 12 heteroatoms. The highest BCUT2D eigenvalue weighted by Gasteiger charge is 2.30. The molecular weight excluding hydrogens is 459 g/mol. The summed E-state index contributed by atoms with van der Waals surface area (Å²) in [5.41, 5.74) is 2.96. The van der Waals surface area contributed by atoms with Gasteiger partial charge in [0, 0.05) is 23.8 Å². The van der Waals surface area contributed by atoms with Crippen molar-refractivity contribution in [1.82, 2.24) is 15.0 Å². The summed E-state index contributed by atoms with van der Waals surface area (Å²) in [6.07, 6.45) is -2.90. The SMILES string of the molecule is FC(F)(F)c1cccc(Nc2nc(N/N=C\c3ccc(Cl)cc3)nc(N3CCOCC3)n2)c1. The number of hydrogen-bond donors (Lipinski definition) is 2. The Hall–Kier alpha value is -3.44. The van der Waals surface area contributed by atoms with Crippen LogP contribution in [0.15, 0.2) is 53.6 Å². The van der Waals surface area contributed by atoms with E-state index in [1.807, 2.05) is 4.90 Å². The van der Waals surface area contributed by atoms with Crippen molar-refractivity contribution in [2.45, 2.75) is 6.18 Å². The lowest BCUT2D eigenvalue weighted by Crippen LogP contribution is -2.37. The van der Waals surface area contributed by atoms with Crippen LogP contribution in [0.4, 0.5) is 36.7 Å². The summed E-state index contributed by atoms with van der Waals surface area (Å²) in [5.74, 6) is 0.563. The van der Waals surface area contributed by atoms with Gasteiger partial charge in [-0.05, 0) is 35.9 Å². The zero-order valence-electron chi connectivity index (χ0n) is 17.2. The predicted octanol–water partition coefficient (Wildman–Crippen LogP) is 4.57. The Balaban J connectivity index is 1.58. The smallest absolute Gasteiger partial charge is 0.378 e. The summed E-state index contributed by atoms with van der Waals surface area (Å²) in [6, 6.07) is 11.9. The second-order valence-corrected chi connectivity index (χ2v) is 7.44. The normalized spacial score (nSPS) is 14.5. The summed E-state index contributed by atoms with van der Waals surface area (Å²) in [6.45, 7) is 2.17. The van der Waals surface area contributed by atoms with Crippen molar-refractivity contribution in [3.63, 3.8) is 0 Å². The molecule has 2 heterocycles. The molecule has 0 spiro atoms. The van der Waals surface area contributed by atoms with E-state index in [0.29, 0.717) is 37.3 Å². The maximum Gasteiger partial charge on any atom is 0.416 e. The van der Waals surface area contributed by atoms with Crippen molar-refractivity contribution in [1.29, 1.82) is 0 Å². The lowest BCUT2D eigenvalue weighted by Gasteiger charge is -2.27. The van der Waals surface area contributed by atoms with Gasteiger partial charge in [-0.15, -0.1) is 0 Å². The van der Waals surface area contributed by atoms with Gasteiger partial charge in [-0.1, -0.05) is 29.8 Å². The minimum Gasteiger partial charge on any atom is -0.378 e. The van der Waals surface area contributed by atoms with Gasteiger partial charge in [0.2, 0.25) is 17.8 Å². The summed E-state index contributed by atoms with van der Waals surface area (Å²) < 4.78 is 44.5. The van der Waals surface area contributed by atoms with Crippen molar-refractivity contribution < 1.29 is 17.9 Å². The molecule has 0 amide bonds. The molecular formula is C21H19ClF3N7O. The molecule has 4 rings (SSSR count). The molecule has 3 aromatic rings. The number of morpholine rings is 1. The maximum absolute atomic E-state index is 13.1. The molecule has 1 aromatic heterocycles. The number of hydrazone groups is 1. The van der Waals surface area contributed by atoms with Crippen LogP contribution in [0, 0.1) is 0 Å². The van der Waals surface area contributed by atoms with E-state index in [1.165, 1.54) is 12.1 Å². The topological polar surface area (TPSA) is 87.6 Å². The number of halogens is 4. The van der Waals surface area contributed by atoms with Crippen molar-refractivity contribution in [3.05, 3.63) is 64.7 Å². The number of benzene rings is 2. The molecule has 1 saturated heterocycles. The van der Waals surface area contributed by atoms with Gasteiger partial charge in [0.1, 0.15) is 0 Å². The van der Waals surface area contributed by atoms with Gasteiger partial charge < -0.3 is 15.0 Å². The summed E-state index contributed by atoms with van der Waals surface area (Å²) in [4.78, 5) is 14.9. The van der Waals surface area contributed by atoms with Crippen LogP contribution in [0.5, 0.6) is 0 Å². The molecule has 1 aliphatic heterocycles. The number of alkyl halides is 3. The Morgan fingerprint density at radius 1 is 1.00 bits per heavy atom. The van der Waals surface area contributed by atoms with Crippen LogP contribution < -0.4 is 15.6 Å². The molecule has 0 radical (unpaired) electrons. The Morgan fingerprint density at radius 3 is 2.45 bits per heavy atom. The molecule has 33 heavy (non-hydrogen) atoms. The summed E-state index contributed by atoms with van der Waals surface area (Å²) >= 11 is 5.88. The third kappa shape index (κ3) is 6.30. The molecule has 0 atom stereocenters. The van der Waals surface area contributed by atoms with Crippen LogP contribution in [0.3, 0.4) is 0 Å². The highest BCUT2D eigenvalue weighted by atomic mass is 35.5. The second-order valence-electron chi connectivity index (χ2n) is 7.01. The van der Waals surface area contributed by atoms with Crippen LogP contribution in [-0.2, 0) is 10.9 Å². The monoisotopic (exact) mass is 477 g/mol. The lowest BCUT2D eigenvalue weighted by atomic mass is 10.2. The first-order valence-electron chi connectivity index (χ1n) is 9.94. The van der Waals surface area contributed by atoms with E-state index in [1.54, 1.807) is 30.5 Å². The molecule has 0 unspecified atom stereocenters. The van der Waals surface area contributed by atoms with Crippen LogP contribution in [-0.4, -0.2) is 47.5 Å². The fourth-order valence-corrected chi connectivity index (χ4v) is 3.12. The molecule has 0 aliphatic carbocycles. The van der Waals surface area contributed by atoms with Crippen molar-refractivity contribution in [3.8, 4) is 0 Å². The van der Waals surface area contributed by atoms with Crippen molar-refractivity contribution in [2.24, 2.45) is 5.10 Å². The van der Waals surface area contributed by atoms with E-state index < -0.39 is 11.7 Å². The first-order chi connectivity index (χ1) is 15.9. The van der Waals surface area contributed by atoms with E-state index >= 15 is 0 Å². The molecule has 1 fully saturated rings. The molecule has 0 bridgehead atoms. The number of ether oxygens (including phenoxy) is 1.